The first kappa shape index (κ1) is 41.8. The molecule has 4 aromatic rings. The molecule has 4 rings (SSSR count). The Labute approximate surface area is 320 Å². The van der Waals surface area contributed by atoms with Gasteiger partial charge in [0, 0.05) is 59.5 Å². The largest absolute Gasteiger partial charge is 0.507 e. The topological polar surface area (TPSA) is 208 Å². The molecule has 6 N–H and O–H groups in total. The number of carbonyl (C=O) groups is 4. The number of ether oxygens (including phenoxy) is 2. The first-order valence-corrected chi connectivity index (χ1v) is 20.3. The predicted octanol–water partition coefficient (Wildman–Crippen LogP) is 5.74. The number of carboxylic acids is 2. The highest BCUT2D eigenvalue weighted by molar-refractivity contribution is 15.0. The summed E-state index contributed by atoms with van der Waals surface area (Å²) in [4.78, 5) is 44.3. The van der Waals surface area contributed by atoms with Gasteiger partial charge in [-0.3, -0.25) is 0 Å². The Bertz CT molecular complexity index is 2110. The van der Waals surface area contributed by atoms with Crippen LogP contribution in [0.3, 0.4) is 0 Å². The summed E-state index contributed by atoms with van der Waals surface area (Å²) < 4.78 is 9.08. The highest BCUT2D eigenvalue weighted by Gasteiger charge is 2.12. The molecule has 4 aromatic carbocycles. The normalized spacial score (nSPS) is 8.92. The lowest BCUT2D eigenvalue weighted by Crippen LogP contribution is -2.01. The number of phenols is 4. The molecular formula is C38H24I2O12. The summed E-state index contributed by atoms with van der Waals surface area (Å²) in [5.74, 6) is 15.9. The van der Waals surface area contributed by atoms with Crippen molar-refractivity contribution >= 4 is 61.1 Å². The number of methoxy groups -OCH3 is 2. The smallest absolute Gasteiger partial charge is 0.341 e. The standard InChI is InChI=1S/C20H14O6.C18H10O6.I2/c1-25-19(23)15-9-7-13(11-17(15)21)5-3-4-6-14-8-10-16(18(22)12-14)20(24)26-2;19-15-9-11(5-7-13(15)17(21)22)3-1-2-4-12-6-8-14(18(23)24)16(20)10-12;1-2/h7-12,21-22H,1-2H3;5-10,19-20H,(H,21,22)(H,23,24);. The van der Waals surface area contributed by atoms with Crippen molar-refractivity contribution in [3.63, 3.8) is 0 Å². The Hall–Kier alpha value is -6.34. The van der Waals surface area contributed by atoms with Crippen molar-refractivity contribution in [2.45, 2.75) is 0 Å². The average Bonchev–Trinajstić information content (AvgIpc) is 3.12. The van der Waals surface area contributed by atoms with Crippen LogP contribution in [0.25, 0.3) is 0 Å². The van der Waals surface area contributed by atoms with E-state index < -0.39 is 35.4 Å². The number of phenolic OH excluding ortho intramolecular Hbond substituents is 2. The molecule has 0 bridgehead atoms. The van der Waals surface area contributed by atoms with Crippen molar-refractivity contribution in [1.82, 2.24) is 0 Å². The maximum Gasteiger partial charge on any atom is 0.341 e. The summed E-state index contributed by atoms with van der Waals surface area (Å²) in [6.07, 6.45) is 0. The molecule has 12 nitrogen and oxygen atoms in total. The van der Waals surface area contributed by atoms with Gasteiger partial charge in [0.2, 0.25) is 0 Å². The van der Waals surface area contributed by atoms with E-state index in [2.05, 4.69) is 94.1 Å². The van der Waals surface area contributed by atoms with Crippen LogP contribution >= 0.6 is 37.2 Å². The Morgan fingerprint density at radius 2 is 0.692 bits per heavy atom. The summed E-state index contributed by atoms with van der Waals surface area (Å²) in [5, 5.41) is 56.2. The van der Waals surface area contributed by atoms with E-state index in [1.165, 1.54) is 74.9 Å². The summed E-state index contributed by atoms with van der Waals surface area (Å²) in [7, 11) is 2.45. The minimum atomic E-state index is -1.24. The summed E-state index contributed by atoms with van der Waals surface area (Å²) in [5.41, 5.74) is 1.35. The van der Waals surface area contributed by atoms with Crippen LogP contribution in [0.4, 0.5) is 0 Å². The van der Waals surface area contributed by atoms with E-state index in [9.17, 15) is 39.6 Å². The van der Waals surface area contributed by atoms with Crippen LogP contribution in [0.2, 0.25) is 0 Å². The molecule has 0 heterocycles. The van der Waals surface area contributed by atoms with Crippen molar-refractivity contribution in [1.29, 1.82) is 0 Å². The second-order valence-corrected chi connectivity index (χ2v) is 9.52. The molecule has 0 aliphatic rings. The first-order chi connectivity index (χ1) is 24.8. The van der Waals surface area contributed by atoms with Gasteiger partial charge in [-0.25, -0.2) is 19.2 Å². The third kappa shape index (κ3) is 12.5. The lowest BCUT2D eigenvalue weighted by atomic mass is 10.1. The van der Waals surface area contributed by atoms with Gasteiger partial charge in [-0.1, -0.05) is 23.7 Å². The number of rotatable bonds is 4. The Morgan fingerprint density at radius 1 is 0.462 bits per heavy atom. The maximum atomic E-state index is 11.4. The van der Waals surface area contributed by atoms with Crippen LogP contribution in [0, 0.1) is 47.4 Å². The van der Waals surface area contributed by atoms with Crippen molar-refractivity contribution < 1.29 is 59.3 Å². The lowest BCUT2D eigenvalue weighted by molar-refractivity contribution is 0.0588. The molecule has 0 atom stereocenters. The van der Waals surface area contributed by atoms with Crippen molar-refractivity contribution in [2.24, 2.45) is 0 Å². The van der Waals surface area contributed by atoms with E-state index in [1.54, 1.807) is 12.1 Å². The number of benzene rings is 4. The van der Waals surface area contributed by atoms with Crippen LogP contribution in [-0.4, -0.2) is 68.7 Å². The number of esters is 2. The SMILES string of the molecule is COC(=O)c1ccc(C#CC#Cc2ccc(C(=O)OC)c(O)c2)cc1O.II.O=C(O)c1ccc(C#CC#Cc2ccc(C(=O)O)c(O)c2)cc1O. The van der Waals surface area contributed by atoms with E-state index in [0.29, 0.717) is 22.3 Å². The molecular weight excluding hydrogens is 902 g/mol. The maximum absolute atomic E-state index is 11.4. The third-order valence-corrected chi connectivity index (χ3v) is 6.21. The average molecular weight is 926 g/mol. The van der Waals surface area contributed by atoms with Gasteiger partial charge in [-0.15, -0.1) is 0 Å². The fourth-order valence-corrected chi connectivity index (χ4v) is 3.78. The van der Waals surface area contributed by atoms with E-state index in [-0.39, 0.29) is 33.8 Å². The van der Waals surface area contributed by atoms with Gasteiger partial charge < -0.3 is 40.1 Å². The van der Waals surface area contributed by atoms with Crippen LogP contribution in [-0.2, 0) is 9.47 Å². The molecule has 0 unspecified atom stereocenters. The van der Waals surface area contributed by atoms with E-state index in [0.717, 1.165) is 0 Å². The zero-order valence-electron chi connectivity index (χ0n) is 26.8. The Balaban J connectivity index is 0.000000345. The van der Waals surface area contributed by atoms with Crippen LogP contribution < -0.4 is 0 Å². The molecule has 0 saturated heterocycles. The first-order valence-electron chi connectivity index (χ1n) is 14.0. The summed E-state index contributed by atoms with van der Waals surface area (Å²) >= 11 is 4.24. The van der Waals surface area contributed by atoms with Gasteiger partial charge in [0.05, 0.1) is 14.2 Å². The number of hydrogen-bond acceptors (Lipinski definition) is 10. The Kier molecular flexibility index (Phi) is 16.9. The predicted molar refractivity (Wildman–Crippen MR) is 205 cm³/mol. The van der Waals surface area contributed by atoms with Crippen molar-refractivity contribution in [2.75, 3.05) is 14.2 Å². The van der Waals surface area contributed by atoms with Gasteiger partial charge in [0.1, 0.15) is 45.3 Å². The summed E-state index contributed by atoms with van der Waals surface area (Å²) in [6.45, 7) is 0. The minimum Gasteiger partial charge on any atom is -0.507 e. The fourth-order valence-electron chi connectivity index (χ4n) is 3.78. The van der Waals surface area contributed by atoms with Crippen molar-refractivity contribution in [3.05, 3.63) is 117 Å². The zero-order valence-corrected chi connectivity index (χ0v) is 31.1. The molecule has 0 amide bonds. The van der Waals surface area contributed by atoms with E-state index >= 15 is 0 Å². The number of carbonyl (C=O) groups excluding carboxylic acids is 2. The minimum absolute atomic E-state index is 0.0466. The lowest BCUT2D eigenvalue weighted by Gasteiger charge is -2.02. The fraction of sp³-hybridized carbons (Fsp3) is 0.0526. The van der Waals surface area contributed by atoms with Gasteiger partial charge in [0.25, 0.3) is 0 Å². The highest BCUT2D eigenvalue weighted by atomic mass is 128. The second kappa shape index (κ2) is 21.0. The number of aromatic carboxylic acids is 2. The zero-order chi connectivity index (χ0) is 38.8. The van der Waals surface area contributed by atoms with Crippen molar-refractivity contribution in [3.8, 4) is 70.4 Å². The molecule has 0 saturated carbocycles. The van der Waals surface area contributed by atoms with Gasteiger partial charge in [-0.05, 0) is 96.5 Å². The van der Waals surface area contributed by atoms with E-state index in [4.69, 9.17) is 10.2 Å². The quantitative estimate of drug-likeness (QED) is 0.0823. The molecule has 0 radical (unpaired) electrons. The number of hydrogen-bond donors (Lipinski definition) is 6. The molecule has 262 valence electrons. The summed E-state index contributed by atoms with van der Waals surface area (Å²) in [6, 6.07) is 16.3. The molecule has 0 aliphatic heterocycles. The number of halogens is 2. The number of carboxylic acid groups (broad SMARTS) is 2. The number of aromatic hydroxyl groups is 4. The molecule has 14 heteroatoms. The Morgan fingerprint density at radius 3 is 0.885 bits per heavy atom. The molecule has 0 aliphatic carbocycles. The molecule has 0 aromatic heterocycles. The molecule has 52 heavy (non-hydrogen) atoms. The van der Waals surface area contributed by atoms with Crippen LogP contribution in [0.1, 0.15) is 63.7 Å². The second-order valence-electron chi connectivity index (χ2n) is 9.52. The van der Waals surface area contributed by atoms with E-state index in [1.807, 2.05) is 0 Å². The third-order valence-electron chi connectivity index (χ3n) is 6.21. The van der Waals surface area contributed by atoms with Gasteiger partial charge >= 0.3 is 23.9 Å². The molecule has 0 fully saturated rings. The highest BCUT2D eigenvalue weighted by Crippen LogP contribution is 2.21. The van der Waals surface area contributed by atoms with Crippen LogP contribution in [0.5, 0.6) is 23.0 Å². The van der Waals surface area contributed by atoms with Gasteiger partial charge in [0.15, 0.2) is 0 Å². The van der Waals surface area contributed by atoms with Gasteiger partial charge in [-0.2, -0.15) is 0 Å². The monoisotopic (exact) mass is 926 g/mol. The molecule has 0 spiro atoms. The van der Waals surface area contributed by atoms with Crippen LogP contribution in [0.15, 0.2) is 72.8 Å².